The van der Waals surface area contributed by atoms with Gasteiger partial charge in [-0.1, -0.05) is 59.1 Å². The molecule has 0 N–H and O–H groups in total. The van der Waals surface area contributed by atoms with Gasteiger partial charge in [-0.25, -0.2) is 0 Å². The SMILES string of the molecule is COc1ccc(C(c2ccc(OC)cc2)C(Cl)(Cl)Cl)cc1.Cl.Cl.Cl.Cl.Cl.Cl.Cl. The lowest BCUT2D eigenvalue weighted by atomic mass is 9.92. The molecule has 0 heterocycles. The molecule has 0 saturated heterocycles. The van der Waals surface area contributed by atoms with Gasteiger partial charge in [-0.2, -0.15) is 0 Å². The summed E-state index contributed by atoms with van der Waals surface area (Å²) < 4.78 is 8.85. The number of benzene rings is 2. The van der Waals surface area contributed by atoms with E-state index in [0.717, 1.165) is 22.6 Å². The number of rotatable bonds is 4. The Hall–Kier alpha value is 0.940. The Morgan fingerprint density at radius 1 is 0.571 bits per heavy atom. The fourth-order valence-electron chi connectivity index (χ4n) is 2.16. The van der Waals surface area contributed by atoms with Gasteiger partial charge < -0.3 is 9.47 Å². The maximum Gasteiger partial charge on any atom is 0.201 e. The van der Waals surface area contributed by atoms with Crippen molar-refractivity contribution in [3.8, 4) is 11.5 Å². The van der Waals surface area contributed by atoms with E-state index < -0.39 is 3.79 Å². The minimum absolute atomic E-state index is 0. The quantitative estimate of drug-likeness (QED) is 0.330. The van der Waals surface area contributed by atoms with Crippen molar-refractivity contribution in [1.29, 1.82) is 0 Å². The lowest BCUT2D eigenvalue weighted by Crippen LogP contribution is -2.18. The number of halogens is 10. The molecule has 0 saturated carbocycles. The molecule has 0 spiro atoms. The fraction of sp³-hybridized carbons (Fsp3) is 0.250. The summed E-state index contributed by atoms with van der Waals surface area (Å²) in [5, 5.41) is 0. The summed E-state index contributed by atoms with van der Waals surface area (Å²) in [5.74, 6) is 1.15. The highest BCUT2D eigenvalue weighted by Crippen LogP contribution is 2.46. The van der Waals surface area contributed by atoms with E-state index in [1.54, 1.807) is 14.2 Å². The van der Waals surface area contributed by atoms with Gasteiger partial charge in [0.05, 0.1) is 20.1 Å². The summed E-state index contributed by atoms with van der Waals surface area (Å²) in [7, 11) is 3.23. The van der Waals surface area contributed by atoms with Crippen molar-refractivity contribution in [2.24, 2.45) is 0 Å². The molecular formula is C16H22Cl10O2. The van der Waals surface area contributed by atoms with Gasteiger partial charge in [0.25, 0.3) is 0 Å². The Labute approximate surface area is 224 Å². The van der Waals surface area contributed by atoms with Gasteiger partial charge in [-0.05, 0) is 35.4 Å². The average Bonchev–Trinajstić information content (AvgIpc) is 2.47. The number of hydrogen-bond acceptors (Lipinski definition) is 2. The third kappa shape index (κ3) is 12.0. The Bertz CT molecular complexity index is 540. The minimum atomic E-state index is -1.46. The molecule has 2 nitrogen and oxygen atoms in total. The van der Waals surface area contributed by atoms with E-state index in [-0.39, 0.29) is 92.8 Å². The number of ether oxygens (including phenoxy) is 2. The molecule has 0 aliphatic heterocycles. The van der Waals surface area contributed by atoms with Crippen molar-refractivity contribution in [1.82, 2.24) is 0 Å². The zero-order chi connectivity index (χ0) is 15.5. The standard InChI is InChI=1S/C16H15Cl3O2.7ClH/c1-20-13-7-3-11(4-8-13)15(16(17,18)19)12-5-9-14(21-2)10-6-12;;;;;;;/h3-10,15H,1-2H3;7*1H. The van der Waals surface area contributed by atoms with Crippen LogP contribution in [0.25, 0.3) is 0 Å². The van der Waals surface area contributed by atoms with Gasteiger partial charge in [0.1, 0.15) is 11.5 Å². The molecule has 0 amide bonds. The molecule has 0 aromatic heterocycles. The van der Waals surface area contributed by atoms with Crippen molar-refractivity contribution in [2.45, 2.75) is 9.71 Å². The fourth-order valence-corrected chi connectivity index (χ4v) is 2.92. The second-order valence-electron chi connectivity index (χ2n) is 4.52. The van der Waals surface area contributed by atoms with Gasteiger partial charge in [0.2, 0.25) is 3.79 Å². The molecule has 2 rings (SSSR count). The van der Waals surface area contributed by atoms with Crippen molar-refractivity contribution in [3.05, 3.63) is 59.7 Å². The van der Waals surface area contributed by atoms with E-state index in [1.165, 1.54) is 0 Å². The lowest BCUT2D eigenvalue weighted by Gasteiger charge is -2.25. The first-order valence-electron chi connectivity index (χ1n) is 6.30. The van der Waals surface area contributed by atoms with Crippen LogP contribution >= 0.6 is 122 Å². The Morgan fingerprint density at radius 3 is 1.00 bits per heavy atom. The molecule has 28 heavy (non-hydrogen) atoms. The van der Waals surface area contributed by atoms with E-state index >= 15 is 0 Å². The van der Waals surface area contributed by atoms with Crippen LogP contribution in [0.5, 0.6) is 11.5 Å². The molecule has 2 aromatic carbocycles. The zero-order valence-electron chi connectivity index (χ0n) is 14.5. The van der Waals surface area contributed by atoms with Crippen LogP contribution in [0.2, 0.25) is 0 Å². The lowest BCUT2D eigenvalue weighted by molar-refractivity contribution is 0.414. The van der Waals surface area contributed by atoms with E-state index in [2.05, 4.69) is 0 Å². The number of methoxy groups -OCH3 is 2. The van der Waals surface area contributed by atoms with Crippen LogP contribution in [0, 0.1) is 0 Å². The van der Waals surface area contributed by atoms with E-state index in [4.69, 9.17) is 44.3 Å². The highest BCUT2D eigenvalue weighted by Gasteiger charge is 2.35. The van der Waals surface area contributed by atoms with Crippen LogP contribution < -0.4 is 9.47 Å². The predicted molar refractivity (Wildman–Crippen MR) is 139 cm³/mol. The van der Waals surface area contributed by atoms with Crippen LogP contribution in [0.4, 0.5) is 0 Å². The van der Waals surface area contributed by atoms with Gasteiger partial charge >= 0.3 is 0 Å². The number of alkyl halides is 3. The third-order valence-electron chi connectivity index (χ3n) is 3.23. The first kappa shape index (κ1) is 42.9. The molecule has 0 aliphatic rings. The normalized spacial score (nSPS) is 8.64. The highest BCUT2D eigenvalue weighted by atomic mass is 35.6. The first-order valence-corrected chi connectivity index (χ1v) is 7.43. The maximum absolute atomic E-state index is 6.18. The molecule has 0 aliphatic carbocycles. The molecule has 0 radical (unpaired) electrons. The minimum Gasteiger partial charge on any atom is -0.497 e. The maximum atomic E-state index is 6.18. The largest absolute Gasteiger partial charge is 0.497 e. The van der Waals surface area contributed by atoms with Crippen LogP contribution in [0.3, 0.4) is 0 Å². The van der Waals surface area contributed by atoms with Gasteiger partial charge in [0.15, 0.2) is 0 Å². The molecular weight excluding hydrogens is 579 g/mol. The Kier molecular flexibility index (Phi) is 30.5. The van der Waals surface area contributed by atoms with Crippen LogP contribution in [0.1, 0.15) is 17.0 Å². The molecule has 168 valence electrons. The van der Waals surface area contributed by atoms with E-state index in [0.29, 0.717) is 0 Å². The second kappa shape index (κ2) is 19.9. The first-order chi connectivity index (χ1) is 9.95. The summed E-state index contributed by atoms with van der Waals surface area (Å²) in [5.41, 5.74) is 1.81. The summed E-state index contributed by atoms with van der Waals surface area (Å²) in [6.45, 7) is 0. The van der Waals surface area contributed by atoms with Crippen molar-refractivity contribution in [3.63, 3.8) is 0 Å². The van der Waals surface area contributed by atoms with Gasteiger partial charge in [0, 0.05) is 0 Å². The molecule has 0 bridgehead atoms. The van der Waals surface area contributed by atoms with Gasteiger partial charge in [-0.3, -0.25) is 0 Å². The predicted octanol–water partition coefficient (Wildman–Crippen LogP) is 8.16. The molecule has 0 fully saturated rings. The molecule has 2 aromatic rings. The van der Waals surface area contributed by atoms with Crippen molar-refractivity contribution in [2.75, 3.05) is 14.2 Å². The summed E-state index contributed by atoms with van der Waals surface area (Å²) >= 11 is 18.6. The van der Waals surface area contributed by atoms with E-state index in [1.807, 2.05) is 48.5 Å². The second-order valence-corrected chi connectivity index (χ2v) is 6.89. The Balaban J connectivity index is -0.000000173. The smallest absolute Gasteiger partial charge is 0.201 e. The average molecular weight is 601 g/mol. The molecule has 0 unspecified atom stereocenters. The molecule has 0 atom stereocenters. The summed E-state index contributed by atoms with van der Waals surface area (Å²) in [6, 6.07) is 15.0. The molecule has 12 heteroatoms. The van der Waals surface area contributed by atoms with Crippen molar-refractivity contribution >= 4 is 122 Å². The topological polar surface area (TPSA) is 18.5 Å². The summed E-state index contributed by atoms with van der Waals surface area (Å²) in [6.07, 6.45) is 0. The van der Waals surface area contributed by atoms with Crippen molar-refractivity contribution < 1.29 is 9.47 Å². The number of hydrogen-bond donors (Lipinski definition) is 0. The third-order valence-corrected chi connectivity index (χ3v) is 3.88. The van der Waals surface area contributed by atoms with E-state index in [9.17, 15) is 0 Å². The summed E-state index contributed by atoms with van der Waals surface area (Å²) in [4.78, 5) is 0. The Morgan fingerprint density at radius 2 is 0.821 bits per heavy atom. The van der Waals surface area contributed by atoms with Crippen LogP contribution in [0.15, 0.2) is 48.5 Å². The van der Waals surface area contributed by atoms with Crippen LogP contribution in [-0.4, -0.2) is 18.0 Å². The van der Waals surface area contributed by atoms with Gasteiger partial charge in [-0.15, -0.1) is 86.8 Å². The monoisotopic (exact) mass is 596 g/mol. The highest BCUT2D eigenvalue weighted by molar-refractivity contribution is 6.68. The van der Waals surface area contributed by atoms with Crippen LogP contribution in [-0.2, 0) is 0 Å². The zero-order valence-corrected chi connectivity index (χ0v) is 22.5.